The molecule has 0 amide bonds. The second-order valence-electron chi connectivity index (χ2n) is 4.50. The summed E-state index contributed by atoms with van der Waals surface area (Å²) >= 11 is 6.16. The van der Waals surface area contributed by atoms with Gasteiger partial charge in [-0.1, -0.05) is 36.7 Å². The van der Waals surface area contributed by atoms with Crippen LogP contribution < -0.4 is 5.32 Å². The van der Waals surface area contributed by atoms with Gasteiger partial charge in [0.05, 0.1) is 0 Å². The molecule has 0 fully saturated rings. The van der Waals surface area contributed by atoms with E-state index in [-0.39, 0.29) is 0 Å². The highest BCUT2D eigenvalue weighted by molar-refractivity contribution is 6.31. The molecule has 1 rings (SSSR count). The van der Waals surface area contributed by atoms with E-state index in [4.69, 9.17) is 11.6 Å². The van der Waals surface area contributed by atoms with Crippen LogP contribution >= 0.6 is 11.6 Å². The van der Waals surface area contributed by atoms with Gasteiger partial charge in [-0.2, -0.15) is 0 Å². The van der Waals surface area contributed by atoms with Crippen LogP contribution in [0, 0.1) is 0 Å². The molecule has 2 nitrogen and oxygen atoms in total. The molecule has 0 aliphatic carbocycles. The van der Waals surface area contributed by atoms with Crippen molar-refractivity contribution in [1.29, 1.82) is 0 Å². The largest absolute Gasteiger partial charge is 0.317 e. The van der Waals surface area contributed by atoms with Gasteiger partial charge in [-0.3, -0.25) is 4.90 Å². The zero-order valence-electron chi connectivity index (χ0n) is 11.0. The lowest BCUT2D eigenvalue weighted by molar-refractivity contribution is 0.237. The molecule has 1 unspecified atom stereocenters. The summed E-state index contributed by atoms with van der Waals surface area (Å²) in [7, 11) is 2.15. The number of nitrogens with one attached hydrogen (secondary N) is 1. The monoisotopic (exact) mass is 254 g/mol. The molecule has 1 aromatic carbocycles. The molecule has 0 aromatic heterocycles. The average molecular weight is 255 g/mol. The van der Waals surface area contributed by atoms with Crippen molar-refractivity contribution in [2.45, 2.75) is 32.9 Å². The lowest BCUT2D eigenvalue weighted by atomic mass is 10.1. The maximum absolute atomic E-state index is 6.16. The summed E-state index contributed by atoms with van der Waals surface area (Å²) in [6.45, 7) is 7.42. The van der Waals surface area contributed by atoms with Crippen LogP contribution in [-0.2, 0) is 6.54 Å². The van der Waals surface area contributed by atoms with Crippen LogP contribution in [0.5, 0.6) is 0 Å². The van der Waals surface area contributed by atoms with Crippen molar-refractivity contribution in [2.75, 3.05) is 20.1 Å². The van der Waals surface area contributed by atoms with Crippen LogP contribution in [0.25, 0.3) is 0 Å². The van der Waals surface area contributed by atoms with Gasteiger partial charge in [-0.15, -0.1) is 0 Å². The molecule has 1 N–H and O–H groups in total. The summed E-state index contributed by atoms with van der Waals surface area (Å²) in [5.74, 6) is 0. The predicted molar refractivity (Wildman–Crippen MR) is 75.5 cm³/mol. The van der Waals surface area contributed by atoms with Crippen LogP contribution in [0.3, 0.4) is 0 Å². The minimum Gasteiger partial charge on any atom is -0.317 e. The van der Waals surface area contributed by atoms with E-state index in [1.807, 2.05) is 18.2 Å². The van der Waals surface area contributed by atoms with Gasteiger partial charge in [0.1, 0.15) is 0 Å². The van der Waals surface area contributed by atoms with Gasteiger partial charge in [0.2, 0.25) is 0 Å². The summed E-state index contributed by atoms with van der Waals surface area (Å²) in [5.41, 5.74) is 1.20. The Hall–Kier alpha value is -0.570. The molecule has 1 aromatic rings. The zero-order chi connectivity index (χ0) is 12.7. The first-order valence-electron chi connectivity index (χ1n) is 6.29. The Morgan fingerprint density at radius 2 is 2.06 bits per heavy atom. The maximum Gasteiger partial charge on any atom is 0.0451 e. The molecular formula is C14H23ClN2. The minimum atomic E-state index is 0.560. The number of rotatable bonds is 7. The van der Waals surface area contributed by atoms with Crippen molar-refractivity contribution in [3.63, 3.8) is 0 Å². The quantitative estimate of drug-likeness (QED) is 0.752. The van der Waals surface area contributed by atoms with Crippen molar-refractivity contribution in [1.82, 2.24) is 10.2 Å². The van der Waals surface area contributed by atoms with Gasteiger partial charge in [0.15, 0.2) is 0 Å². The molecule has 0 spiro atoms. The van der Waals surface area contributed by atoms with Crippen LogP contribution in [0.15, 0.2) is 24.3 Å². The summed E-state index contributed by atoms with van der Waals surface area (Å²) in [6.07, 6.45) is 1.16. The average Bonchev–Trinajstić information content (AvgIpc) is 2.32. The first kappa shape index (κ1) is 14.5. The van der Waals surface area contributed by atoms with Gasteiger partial charge in [0.25, 0.3) is 0 Å². The van der Waals surface area contributed by atoms with Crippen molar-refractivity contribution in [2.24, 2.45) is 0 Å². The van der Waals surface area contributed by atoms with E-state index in [1.165, 1.54) is 5.56 Å². The van der Waals surface area contributed by atoms with Crippen molar-refractivity contribution < 1.29 is 0 Å². The number of nitrogens with zero attached hydrogens (tertiary/aromatic N) is 1. The Morgan fingerprint density at radius 3 is 2.71 bits per heavy atom. The Labute approximate surface area is 110 Å². The van der Waals surface area contributed by atoms with Crippen molar-refractivity contribution in [3.8, 4) is 0 Å². The van der Waals surface area contributed by atoms with E-state index in [9.17, 15) is 0 Å². The fraction of sp³-hybridized carbons (Fsp3) is 0.571. The van der Waals surface area contributed by atoms with Crippen LogP contribution in [-0.4, -0.2) is 31.1 Å². The maximum atomic E-state index is 6.16. The minimum absolute atomic E-state index is 0.560. The van der Waals surface area contributed by atoms with Gasteiger partial charge in [0, 0.05) is 17.6 Å². The SMILES string of the molecule is CCNCCC(C)N(C)Cc1ccccc1Cl. The standard InChI is InChI=1S/C14H23ClN2/c1-4-16-10-9-12(2)17(3)11-13-7-5-6-8-14(13)15/h5-8,12,16H,4,9-11H2,1-3H3. The molecule has 96 valence electrons. The normalized spacial score (nSPS) is 13.0. The molecule has 0 bridgehead atoms. The zero-order valence-corrected chi connectivity index (χ0v) is 11.8. The summed E-state index contributed by atoms with van der Waals surface area (Å²) < 4.78 is 0. The van der Waals surface area contributed by atoms with Crippen molar-refractivity contribution >= 4 is 11.6 Å². The number of halogens is 1. The second kappa shape index (κ2) is 7.70. The molecule has 0 aliphatic heterocycles. The van der Waals surface area contributed by atoms with E-state index in [2.05, 4.69) is 37.2 Å². The van der Waals surface area contributed by atoms with E-state index in [0.717, 1.165) is 31.1 Å². The Balaban J connectivity index is 2.43. The Morgan fingerprint density at radius 1 is 1.35 bits per heavy atom. The topological polar surface area (TPSA) is 15.3 Å². The molecule has 0 heterocycles. The molecule has 0 aliphatic rings. The highest BCUT2D eigenvalue weighted by Gasteiger charge is 2.10. The molecule has 17 heavy (non-hydrogen) atoms. The Bertz CT molecular complexity index is 328. The first-order chi connectivity index (χ1) is 8.15. The van der Waals surface area contributed by atoms with Gasteiger partial charge >= 0.3 is 0 Å². The summed E-state index contributed by atoms with van der Waals surface area (Å²) in [4.78, 5) is 2.35. The summed E-state index contributed by atoms with van der Waals surface area (Å²) in [5, 5.41) is 4.22. The van der Waals surface area contributed by atoms with Gasteiger partial charge in [-0.25, -0.2) is 0 Å². The number of hydrogen-bond acceptors (Lipinski definition) is 2. The van der Waals surface area contributed by atoms with E-state index in [1.54, 1.807) is 0 Å². The predicted octanol–water partition coefficient (Wildman–Crippen LogP) is 3.16. The third-order valence-electron chi connectivity index (χ3n) is 3.12. The summed E-state index contributed by atoms with van der Waals surface area (Å²) in [6, 6.07) is 8.62. The molecule has 3 heteroatoms. The molecule has 1 atom stereocenters. The molecule has 0 saturated carbocycles. The van der Waals surface area contributed by atoms with Crippen LogP contribution in [0.1, 0.15) is 25.8 Å². The van der Waals surface area contributed by atoms with Crippen LogP contribution in [0.4, 0.5) is 0 Å². The third-order valence-corrected chi connectivity index (χ3v) is 3.49. The molecular weight excluding hydrogens is 232 g/mol. The van der Waals surface area contributed by atoms with Gasteiger partial charge < -0.3 is 5.32 Å². The van der Waals surface area contributed by atoms with E-state index >= 15 is 0 Å². The number of benzene rings is 1. The highest BCUT2D eigenvalue weighted by Crippen LogP contribution is 2.17. The van der Waals surface area contributed by atoms with Crippen LogP contribution in [0.2, 0.25) is 5.02 Å². The second-order valence-corrected chi connectivity index (χ2v) is 4.90. The Kier molecular flexibility index (Phi) is 6.56. The number of hydrogen-bond donors (Lipinski definition) is 1. The van der Waals surface area contributed by atoms with E-state index < -0.39 is 0 Å². The fourth-order valence-electron chi connectivity index (χ4n) is 1.76. The van der Waals surface area contributed by atoms with Crippen molar-refractivity contribution in [3.05, 3.63) is 34.9 Å². The molecule has 0 radical (unpaired) electrons. The first-order valence-corrected chi connectivity index (χ1v) is 6.67. The van der Waals surface area contributed by atoms with Gasteiger partial charge in [-0.05, 0) is 45.1 Å². The lowest BCUT2D eigenvalue weighted by Crippen LogP contribution is -2.31. The van der Waals surface area contributed by atoms with E-state index in [0.29, 0.717) is 6.04 Å². The highest BCUT2D eigenvalue weighted by atomic mass is 35.5. The molecule has 0 saturated heterocycles. The fourth-order valence-corrected chi connectivity index (χ4v) is 1.95. The smallest absolute Gasteiger partial charge is 0.0451 e. The third kappa shape index (κ3) is 5.07. The lowest BCUT2D eigenvalue weighted by Gasteiger charge is -2.25.